The number of ether oxygens (including phenoxy) is 3. The highest BCUT2D eigenvalue weighted by molar-refractivity contribution is 6.17. The van der Waals surface area contributed by atoms with Gasteiger partial charge in [-0.3, -0.25) is 0 Å². The number of carbonyl (C=O) groups is 2. The van der Waals surface area contributed by atoms with Crippen molar-refractivity contribution in [3.8, 4) is 11.5 Å². The zero-order chi connectivity index (χ0) is 20.4. The minimum Gasteiger partial charge on any atom is -0.504 e. The summed E-state index contributed by atoms with van der Waals surface area (Å²) in [5.74, 6) is -0.483. The molecule has 0 saturated carbocycles. The highest BCUT2D eigenvalue weighted by Gasteiger charge is 2.22. The van der Waals surface area contributed by atoms with Crippen LogP contribution in [0.4, 0.5) is 0 Å². The van der Waals surface area contributed by atoms with E-state index >= 15 is 0 Å². The van der Waals surface area contributed by atoms with Crippen molar-refractivity contribution < 1.29 is 28.9 Å². The third-order valence-electron chi connectivity index (χ3n) is 3.81. The standard InChI is InChI=1S/C21H30O6/c1-14(2)8-10-26-20(23)17(21(24)27-11-9-15(3)4)12-16-6-7-18(22)19(13-16)25-5/h6-7,12-15,22H,8-11H2,1-5H3. The Kier molecular flexibility index (Phi) is 9.40. The lowest BCUT2D eigenvalue weighted by Crippen LogP contribution is -2.20. The highest BCUT2D eigenvalue weighted by Crippen LogP contribution is 2.27. The molecule has 6 nitrogen and oxygen atoms in total. The van der Waals surface area contributed by atoms with Gasteiger partial charge in [0.05, 0.1) is 20.3 Å². The van der Waals surface area contributed by atoms with Crippen molar-refractivity contribution >= 4 is 18.0 Å². The molecular formula is C21H30O6. The molecule has 0 atom stereocenters. The highest BCUT2D eigenvalue weighted by atomic mass is 16.6. The number of aromatic hydroxyl groups is 1. The molecule has 1 aromatic carbocycles. The molecule has 0 saturated heterocycles. The molecule has 0 aliphatic heterocycles. The van der Waals surface area contributed by atoms with E-state index in [0.29, 0.717) is 30.2 Å². The monoisotopic (exact) mass is 378 g/mol. The molecule has 1 N–H and O–H groups in total. The Bertz CT molecular complexity index is 633. The van der Waals surface area contributed by atoms with Crippen molar-refractivity contribution in [2.75, 3.05) is 20.3 Å². The first-order valence-electron chi connectivity index (χ1n) is 9.17. The molecule has 27 heavy (non-hydrogen) atoms. The SMILES string of the molecule is COc1cc(C=C(C(=O)OCCC(C)C)C(=O)OCCC(C)C)ccc1O. The third-order valence-corrected chi connectivity index (χ3v) is 3.81. The summed E-state index contributed by atoms with van der Waals surface area (Å²) in [5.41, 5.74) is 0.330. The molecule has 6 heteroatoms. The lowest BCUT2D eigenvalue weighted by Gasteiger charge is -2.11. The molecule has 0 aliphatic rings. The molecule has 0 radical (unpaired) electrons. The van der Waals surface area contributed by atoms with E-state index in [-0.39, 0.29) is 30.3 Å². The Morgan fingerprint density at radius 3 is 1.96 bits per heavy atom. The molecular weight excluding hydrogens is 348 g/mol. The first-order valence-corrected chi connectivity index (χ1v) is 9.17. The van der Waals surface area contributed by atoms with E-state index < -0.39 is 11.9 Å². The maximum atomic E-state index is 12.4. The zero-order valence-corrected chi connectivity index (χ0v) is 16.8. The minimum atomic E-state index is -0.725. The van der Waals surface area contributed by atoms with Gasteiger partial charge in [-0.25, -0.2) is 9.59 Å². The van der Waals surface area contributed by atoms with Crippen LogP contribution in [-0.2, 0) is 19.1 Å². The second-order valence-corrected chi connectivity index (χ2v) is 7.13. The van der Waals surface area contributed by atoms with Crippen LogP contribution in [0.5, 0.6) is 11.5 Å². The van der Waals surface area contributed by atoms with Gasteiger partial charge in [0.1, 0.15) is 5.57 Å². The summed E-state index contributed by atoms with van der Waals surface area (Å²) in [7, 11) is 1.42. The van der Waals surface area contributed by atoms with Gasteiger partial charge in [-0.1, -0.05) is 33.8 Å². The van der Waals surface area contributed by atoms with Crippen LogP contribution in [0.2, 0.25) is 0 Å². The average molecular weight is 378 g/mol. The fourth-order valence-electron chi connectivity index (χ4n) is 2.08. The summed E-state index contributed by atoms with van der Waals surface area (Å²) in [5, 5.41) is 9.69. The van der Waals surface area contributed by atoms with Gasteiger partial charge in [-0.05, 0) is 48.4 Å². The fourth-order valence-corrected chi connectivity index (χ4v) is 2.08. The summed E-state index contributed by atoms with van der Waals surface area (Å²) in [6.07, 6.45) is 2.79. The van der Waals surface area contributed by atoms with Crippen molar-refractivity contribution in [3.05, 3.63) is 29.3 Å². The van der Waals surface area contributed by atoms with Crippen molar-refractivity contribution in [2.45, 2.75) is 40.5 Å². The van der Waals surface area contributed by atoms with E-state index in [0.717, 1.165) is 0 Å². The lowest BCUT2D eigenvalue weighted by molar-refractivity contribution is -0.147. The van der Waals surface area contributed by atoms with Crippen LogP contribution >= 0.6 is 0 Å². The zero-order valence-electron chi connectivity index (χ0n) is 16.8. The van der Waals surface area contributed by atoms with Crippen LogP contribution in [-0.4, -0.2) is 37.4 Å². The number of hydrogen-bond donors (Lipinski definition) is 1. The average Bonchev–Trinajstić information content (AvgIpc) is 2.59. The molecule has 0 aliphatic carbocycles. The second-order valence-electron chi connectivity index (χ2n) is 7.13. The number of esters is 2. The molecule has 0 bridgehead atoms. The Hall–Kier alpha value is -2.50. The molecule has 1 aromatic rings. The van der Waals surface area contributed by atoms with Gasteiger partial charge in [0.2, 0.25) is 0 Å². The quantitative estimate of drug-likeness (QED) is 0.287. The maximum absolute atomic E-state index is 12.4. The van der Waals surface area contributed by atoms with E-state index in [9.17, 15) is 14.7 Å². The number of phenolic OH excluding ortho intramolecular Hbond substituents is 1. The molecule has 0 spiro atoms. The number of methoxy groups -OCH3 is 1. The van der Waals surface area contributed by atoms with Gasteiger partial charge < -0.3 is 19.3 Å². The Labute approximate surface area is 161 Å². The van der Waals surface area contributed by atoms with E-state index in [1.165, 1.54) is 25.3 Å². The van der Waals surface area contributed by atoms with E-state index in [2.05, 4.69) is 0 Å². The van der Waals surface area contributed by atoms with Gasteiger partial charge in [-0.15, -0.1) is 0 Å². The van der Waals surface area contributed by atoms with Crippen LogP contribution in [0.15, 0.2) is 23.8 Å². The lowest BCUT2D eigenvalue weighted by atomic mass is 10.1. The first kappa shape index (κ1) is 22.5. The predicted octanol–water partition coefficient (Wildman–Crippen LogP) is 3.96. The van der Waals surface area contributed by atoms with Crippen molar-refractivity contribution in [1.82, 2.24) is 0 Å². The van der Waals surface area contributed by atoms with Crippen molar-refractivity contribution in [2.24, 2.45) is 11.8 Å². The molecule has 0 heterocycles. The normalized spacial score (nSPS) is 10.6. The van der Waals surface area contributed by atoms with Crippen LogP contribution < -0.4 is 4.74 Å². The molecule has 1 rings (SSSR count). The van der Waals surface area contributed by atoms with Gasteiger partial charge in [0.15, 0.2) is 11.5 Å². The Morgan fingerprint density at radius 1 is 1.00 bits per heavy atom. The van der Waals surface area contributed by atoms with Crippen molar-refractivity contribution in [3.63, 3.8) is 0 Å². The van der Waals surface area contributed by atoms with Crippen LogP contribution in [0, 0.1) is 11.8 Å². The maximum Gasteiger partial charge on any atom is 0.345 e. The smallest absolute Gasteiger partial charge is 0.345 e. The van der Waals surface area contributed by atoms with Gasteiger partial charge in [-0.2, -0.15) is 0 Å². The van der Waals surface area contributed by atoms with E-state index in [1.807, 2.05) is 27.7 Å². The van der Waals surface area contributed by atoms with E-state index in [1.54, 1.807) is 6.07 Å². The molecule has 0 unspecified atom stereocenters. The number of rotatable bonds is 10. The summed E-state index contributed by atoms with van der Waals surface area (Å²) in [6, 6.07) is 4.52. The van der Waals surface area contributed by atoms with Gasteiger partial charge >= 0.3 is 11.9 Å². The van der Waals surface area contributed by atoms with E-state index in [4.69, 9.17) is 14.2 Å². The Balaban J connectivity index is 3.01. The summed E-state index contributed by atoms with van der Waals surface area (Å²) in [4.78, 5) is 24.8. The van der Waals surface area contributed by atoms with Gasteiger partial charge in [0.25, 0.3) is 0 Å². The summed E-state index contributed by atoms with van der Waals surface area (Å²) < 4.78 is 15.5. The first-order chi connectivity index (χ1) is 12.7. The second kappa shape index (κ2) is 11.3. The number of hydrogen-bond acceptors (Lipinski definition) is 6. The molecule has 150 valence electrons. The topological polar surface area (TPSA) is 82.1 Å². The number of carbonyl (C=O) groups excluding carboxylic acids is 2. The number of phenols is 1. The minimum absolute atomic E-state index is 0.0322. The largest absolute Gasteiger partial charge is 0.504 e. The molecule has 0 fully saturated rings. The van der Waals surface area contributed by atoms with Crippen LogP contribution in [0.25, 0.3) is 6.08 Å². The predicted molar refractivity (Wildman–Crippen MR) is 103 cm³/mol. The summed E-state index contributed by atoms with van der Waals surface area (Å²) >= 11 is 0. The van der Waals surface area contributed by atoms with Gasteiger partial charge in [0, 0.05) is 0 Å². The fraction of sp³-hybridized carbons (Fsp3) is 0.524. The van der Waals surface area contributed by atoms with Crippen LogP contribution in [0.1, 0.15) is 46.1 Å². The molecule has 0 amide bonds. The summed E-state index contributed by atoms with van der Waals surface area (Å²) in [6.45, 7) is 8.54. The Morgan fingerprint density at radius 2 is 1.52 bits per heavy atom. The van der Waals surface area contributed by atoms with Crippen molar-refractivity contribution in [1.29, 1.82) is 0 Å². The molecule has 0 aromatic heterocycles. The van der Waals surface area contributed by atoms with Crippen LogP contribution in [0.3, 0.4) is 0 Å². The third kappa shape index (κ3) is 8.15. The number of benzene rings is 1.